The van der Waals surface area contributed by atoms with E-state index in [2.05, 4.69) is 41.1 Å². The standard InChI is InChI=1S/C13H17NO2/c1-15-10-11-16-9-8-14-7-6-12-4-2-3-5-13(12)14/h2-7H,8-11H2,1H3. The summed E-state index contributed by atoms with van der Waals surface area (Å²) < 4.78 is 12.6. The van der Waals surface area contributed by atoms with E-state index in [1.165, 1.54) is 10.9 Å². The maximum absolute atomic E-state index is 5.45. The van der Waals surface area contributed by atoms with Gasteiger partial charge in [-0.15, -0.1) is 0 Å². The smallest absolute Gasteiger partial charge is 0.0701 e. The van der Waals surface area contributed by atoms with Crippen LogP contribution in [0.15, 0.2) is 36.5 Å². The molecule has 3 nitrogen and oxygen atoms in total. The van der Waals surface area contributed by atoms with Gasteiger partial charge >= 0.3 is 0 Å². The van der Waals surface area contributed by atoms with E-state index >= 15 is 0 Å². The summed E-state index contributed by atoms with van der Waals surface area (Å²) in [6.45, 7) is 2.93. The van der Waals surface area contributed by atoms with Crippen LogP contribution in [0.25, 0.3) is 10.9 Å². The molecule has 0 atom stereocenters. The van der Waals surface area contributed by atoms with Crippen LogP contribution in [0.4, 0.5) is 0 Å². The summed E-state index contributed by atoms with van der Waals surface area (Å²) in [6.07, 6.45) is 2.10. The van der Waals surface area contributed by atoms with Gasteiger partial charge in [0.15, 0.2) is 0 Å². The molecular weight excluding hydrogens is 202 g/mol. The second kappa shape index (κ2) is 5.68. The molecule has 0 fully saturated rings. The summed E-state index contributed by atoms with van der Waals surface area (Å²) >= 11 is 0. The number of ether oxygens (including phenoxy) is 2. The lowest BCUT2D eigenvalue weighted by Gasteiger charge is -2.06. The van der Waals surface area contributed by atoms with Crippen LogP contribution in [0.3, 0.4) is 0 Å². The summed E-state index contributed by atoms with van der Waals surface area (Å²) in [5, 5.41) is 1.28. The van der Waals surface area contributed by atoms with E-state index in [0.717, 1.165) is 13.2 Å². The topological polar surface area (TPSA) is 23.4 Å². The van der Waals surface area contributed by atoms with Crippen LogP contribution in [-0.2, 0) is 16.0 Å². The SMILES string of the molecule is COCCOCCn1ccc2ccccc21. The molecule has 0 saturated heterocycles. The van der Waals surface area contributed by atoms with Gasteiger partial charge < -0.3 is 14.0 Å². The first-order valence-corrected chi connectivity index (χ1v) is 5.52. The summed E-state index contributed by atoms with van der Waals surface area (Å²) in [4.78, 5) is 0. The Hall–Kier alpha value is -1.32. The summed E-state index contributed by atoms with van der Waals surface area (Å²) in [5.74, 6) is 0. The van der Waals surface area contributed by atoms with Crippen LogP contribution < -0.4 is 0 Å². The van der Waals surface area contributed by atoms with E-state index in [1.54, 1.807) is 7.11 Å². The minimum Gasteiger partial charge on any atom is -0.382 e. The molecule has 1 aromatic heterocycles. The molecule has 1 aromatic carbocycles. The van der Waals surface area contributed by atoms with E-state index < -0.39 is 0 Å². The van der Waals surface area contributed by atoms with Gasteiger partial charge in [-0.2, -0.15) is 0 Å². The molecule has 0 radical (unpaired) electrons. The summed E-state index contributed by atoms with van der Waals surface area (Å²) in [5.41, 5.74) is 1.26. The highest BCUT2D eigenvalue weighted by Crippen LogP contribution is 2.14. The summed E-state index contributed by atoms with van der Waals surface area (Å²) in [7, 11) is 1.68. The quantitative estimate of drug-likeness (QED) is 0.696. The third kappa shape index (κ3) is 2.62. The molecule has 0 amide bonds. The molecular formula is C13H17NO2. The van der Waals surface area contributed by atoms with Crippen molar-refractivity contribution >= 4 is 10.9 Å². The minimum atomic E-state index is 0.659. The van der Waals surface area contributed by atoms with E-state index in [9.17, 15) is 0 Å². The maximum atomic E-state index is 5.45. The highest BCUT2D eigenvalue weighted by molar-refractivity contribution is 5.79. The highest BCUT2D eigenvalue weighted by atomic mass is 16.5. The molecule has 16 heavy (non-hydrogen) atoms. The zero-order valence-corrected chi connectivity index (χ0v) is 9.56. The fourth-order valence-corrected chi connectivity index (χ4v) is 1.74. The average Bonchev–Trinajstić information content (AvgIpc) is 2.73. The van der Waals surface area contributed by atoms with Gasteiger partial charge in [0, 0.05) is 25.4 Å². The molecule has 0 saturated carbocycles. The van der Waals surface area contributed by atoms with Crippen molar-refractivity contribution in [2.45, 2.75) is 6.54 Å². The maximum Gasteiger partial charge on any atom is 0.0701 e. The zero-order chi connectivity index (χ0) is 11.2. The number of aromatic nitrogens is 1. The van der Waals surface area contributed by atoms with E-state index in [-0.39, 0.29) is 0 Å². The molecule has 86 valence electrons. The molecule has 0 N–H and O–H groups in total. The Morgan fingerprint density at radius 3 is 2.81 bits per heavy atom. The minimum absolute atomic E-state index is 0.659. The van der Waals surface area contributed by atoms with Gasteiger partial charge in [-0.3, -0.25) is 0 Å². The monoisotopic (exact) mass is 219 g/mol. The van der Waals surface area contributed by atoms with Crippen molar-refractivity contribution < 1.29 is 9.47 Å². The van der Waals surface area contributed by atoms with Crippen molar-refractivity contribution in [2.24, 2.45) is 0 Å². The Balaban J connectivity index is 1.89. The van der Waals surface area contributed by atoms with E-state index in [0.29, 0.717) is 13.2 Å². The first-order chi connectivity index (χ1) is 7.92. The van der Waals surface area contributed by atoms with Gasteiger partial charge in [-0.25, -0.2) is 0 Å². The lowest BCUT2D eigenvalue weighted by molar-refractivity contribution is 0.0670. The van der Waals surface area contributed by atoms with Crippen molar-refractivity contribution in [2.75, 3.05) is 26.9 Å². The second-order valence-electron chi connectivity index (χ2n) is 3.67. The molecule has 0 aliphatic heterocycles. The Bertz CT molecular complexity index is 436. The molecule has 3 heteroatoms. The van der Waals surface area contributed by atoms with Crippen LogP contribution in [-0.4, -0.2) is 31.5 Å². The Labute approximate surface area is 95.6 Å². The predicted molar refractivity (Wildman–Crippen MR) is 64.6 cm³/mol. The number of rotatable bonds is 6. The lowest BCUT2D eigenvalue weighted by atomic mass is 10.2. The number of benzene rings is 1. The fraction of sp³-hybridized carbons (Fsp3) is 0.385. The normalized spacial score (nSPS) is 11.1. The Morgan fingerprint density at radius 1 is 1.06 bits per heavy atom. The molecule has 0 unspecified atom stereocenters. The van der Waals surface area contributed by atoms with Crippen molar-refractivity contribution in [3.05, 3.63) is 36.5 Å². The largest absolute Gasteiger partial charge is 0.382 e. The van der Waals surface area contributed by atoms with Gasteiger partial charge in [0.05, 0.1) is 19.8 Å². The van der Waals surface area contributed by atoms with Gasteiger partial charge in [0.25, 0.3) is 0 Å². The molecule has 0 bridgehead atoms. The van der Waals surface area contributed by atoms with Gasteiger partial charge in [0.2, 0.25) is 0 Å². The lowest BCUT2D eigenvalue weighted by Crippen LogP contribution is -2.08. The fourth-order valence-electron chi connectivity index (χ4n) is 1.74. The summed E-state index contributed by atoms with van der Waals surface area (Å²) in [6, 6.07) is 10.5. The molecule has 0 spiro atoms. The van der Waals surface area contributed by atoms with Crippen LogP contribution in [0.2, 0.25) is 0 Å². The van der Waals surface area contributed by atoms with Crippen LogP contribution in [0, 0.1) is 0 Å². The number of hydrogen-bond donors (Lipinski definition) is 0. The predicted octanol–water partition coefficient (Wildman–Crippen LogP) is 2.30. The molecule has 2 rings (SSSR count). The van der Waals surface area contributed by atoms with E-state index in [1.807, 2.05) is 0 Å². The first-order valence-electron chi connectivity index (χ1n) is 5.52. The molecule has 0 aliphatic rings. The number of nitrogens with zero attached hydrogens (tertiary/aromatic N) is 1. The van der Waals surface area contributed by atoms with Gasteiger partial charge in [0.1, 0.15) is 0 Å². The third-order valence-corrected chi connectivity index (χ3v) is 2.59. The number of para-hydroxylation sites is 1. The molecule has 1 heterocycles. The van der Waals surface area contributed by atoms with Gasteiger partial charge in [-0.1, -0.05) is 18.2 Å². The van der Waals surface area contributed by atoms with Crippen LogP contribution in [0.1, 0.15) is 0 Å². The Morgan fingerprint density at radius 2 is 1.94 bits per heavy atom. The van der Waals surface area contributed by atoms with Crippen LogP contribution in [0.5, 0.6) is 0 Å². The Kier molecular flexibility index (Phi) is 3.97. The second-order valence-corrected chi connectivity index (χ2v) is 3.67. The zero-order valence-electron chi connectivity index (χ0n) is 9.56. The first kappa shape index (κ1) is 11.2. The highest BCUT2D eigenvalue weighted by Gasteiger charge is 1.98. The van der Waals surface area contributed by atoms with Crippen molar-refractivity contribution in [1.29, 1.82) is 0 Å². The van der Waals surface area contributed by atoms with Crippen molar-refractivity contribution in [3.8, 4) is 0 Å². The van der Waals surface area contributed by atoms with Crippen molar-refractivity contribution in [1.82, 2.24) is 4.57 Å². The van der Waals surface area contributed by atoms with Gasteiger partial charge in [-0.05, 0) is 17.5 Å². The number of hydrogen-bond acceptors (Lipinski definition) is 2. The van der Waals surface area contributed by atoms with Crippen molar-refractivity contribution in [3.63, 3.8) is 0 Å². The number of fused-ring (bicyclic) bond motifs is 1. The third-order valence-electron chi connectivity index (χ3n) is 2.59. The average molecular weight is 219 g/mol. The molecule has 0 aliphatic carbocycles. The number of methoxy groups -OCH3 is 1. The molecule has 2 aromatic rings. The van der Waals surface area contributed by atoms with E-state index in [4.69, 9.17) is 9.47 Å². The van der Waals surface area contributed by atoms with Crippen LogP contribution >= 0.6 is 0 Å².